The van der Waals surface area contributed by atoms with Gasteiger partial charge in [-0.15, -0.1) is 5.10 Å². The summed E-state index contributed by atoms with van der Waals surface area (Å²) in [5.74, 6) is 1.10. The summed E-state index contributed by atoms with van der Waals surface area (Å²) in [5, 5.41) is 16.8. The first-order chi connectivity index (χ1) is 14.9. The highest BCUT2D eigenvalue weighted by Gasteiger charge is 2.35. The first-order valence-corrected chi connectivity index (χ1v) is 10.4. The highest BCUT2D eigenvalue weighted by Crippen LogP contribution is 2.46. The molecule has 8 heteroatoms. The van der Waals surface area contributed by atoms with Crippen LogP contribution in [0.25, 0.3) is 0 Å². The summed E-state index contributed by atoms with van der Waals surface area (Å²) in [5.41, 5.74) is 11.0. The molecule has 4 rings (SSSR count). The zero-order chi connectivity index (χ0) is 22.1. The average molecular weight is 481 g/mol. The minimum Gasteiger partial charge on any atom is -0.493 e. The minimum atomic E-state index is -0.441. The van der Waals surface area contributed by atoms with Gasteiger partial charge in [0.05, 0.1) is 17.5 Å². The van der Waals surface area contributed by atoms with Crippen LogP contribution < -0.4 is 19.9 Å². The Morgan fingerprint density at radius 2 is 2.00 bits per heavy atom. The molecule has 0 bridgehead atoms. The molecular weight excluding hydrogens is 460 g/mol. The van der Waals surface area contributed by atoms with Gasteiger partial charge >= 0.3 is 0 Å². The molecule has 158 valence electrons. The van der Waals surface area contributed by atoms with E-state index in [9.17, 15) is 5.26 Å². The third-order valence-corrected chi connectivity index (χ3v) is 5.81. The Balaban J connectivity index is 1.73. The van der Waals surface area contributed by atoms with Crippen LogP contribution in [-0.2, 0) is 6.61 Å². The zero-order valence-electron chi connectivity index (χ0n) is 17.3. The lowest BCUT2D eigenvalue weighted by Gasteiger charge is -2.25. The van der Waals surface area contributed by atoms with E-state index >= 15 is 0 Å². The predicted molar refractivity (Wildman–Crippen MR) is 119 cm³/mol. The average Bonchev–Trinajstić information content (AvgIpc) is 3.12. The van der Waals surface area contributed by atoms with Crippen molar-refractivity contribution in [3.05, 3.63) is 80.3 Å². The molecule has 0 saturated heterocycles. The molecule has 0 spiro atoms. The Morgan fingerprint density at radius 1 is 1.26 bits per heavy atom. The van der Waals surface area contributed by atoms with Crippen molar-refractivity contribution in [2.24, 2.45) is 5.73 Å². The van der Waals surface area contributed by atoms with Gasteiger partial charge in [0.2, 0.25) is 11.8 Å². The Hall–Kier alpha value is -3.44. The number of aromatic nitrogens is 2. The lowest BCUT2D eigenvalue weighted by atomic mass is 9.84. The number of nitrogens with zero attached hydrogens (tertiary/aromatic N) is 2. The van der Waals surface area contributed by atoms with Crippen LogP contribution in [0.15, 0.2) is 52.3 Å². The molecule has 0 fully saturated rings. The summed E-state index contributed by atoms with van der Waals surface area (Å²) in [6, 6.07) is 14.1. The zero-order valence-corrected chi connectivity index (χ0v) is 18.9. The Kier molecular flexibility index (Phi) is 5.61. The number of ether oxygens (including phenoxy) is 3. The van der Waals surface area contributed by atoms with Crippen molar-refractivity contribution in [3.63, 3.8) is 0 Å². The number of fused-ring (bicyclic) bond motifs is 1. The second-order valence-electron chi connectivity index (χ2n) is 7.30. The van der Waals surface area contributed by atoms with Crippen molar-refractivity contribution in [3.8, 4) is 23.4 Å². The Morgan fingerprint density at radius 3 is 2.68 bits per heavy atom. The van der Waals surface area contributed by atoms with E-state index in [-0.39, 0.29) is 5.88 Å². The number of halogens is 1. The van der Waals surface area contributed by atoms with Crippen LogP contribution in [0.3, 0.4) is 0 Å². The molecule has 1 aliphatic rings. The van der Waals surface area contributed by atoms with Gasteiger partial charge < -0.3 is 19.9 Å². The predicted octanol–water partition coefficient (Wildman–Crippen LogP) is 4.59. The molecule has 0 saturated carbocycles. The van der Waals surface area contributed by atoms with Gasteiger partial charge in [-0.3, -0.25) is 5.10 Å². The maximum Gasteiger partial charge on any atom is 0.244 e. The van der Waals surface area contributed by atoms with E-state index in [4.69, 9.17) is 19.9 Å². The summed E-state index contributed by atoms with van der Waals surface area (Å²) in [6.45, 7) is 4.32. The van der Waals surface area contributed by atoms with Gasteiger partial charge in [0.15, 0.2) is 11.5 Å². The number of aromatic amines is 1. The maximum absolute atomic E-state index is 9.76. The number of hydrogen-bond acceptors (Lipinski definition) is 6. The number of benzene rings is 2. The molecule has 1 unspecified atom stereocenters. The molecule has 0 amide bonds. The quantitative estimate of drug-likeness (QED) is 0.552. The normalized spacial score (nSPS) is 15.1. The molecule has 1 atom stereocenters. The van der Waals surface area contributed by atoms with Crippen molar-refractivity contribution in [1.82, 2.24) is 10.2 Å². The molecule has 31 heavy (non-hydrogen) atoms. The van der Waals surface area contributed by atoms with Crippen LogP contribution in [0.2, 0.25) is 0 Å². The van der Waals surface area contributed by atoms with Gasteiger partial charge in [0.1, 0.15) is 18.2 Å². The van der Waals surface area contributed by atoms with Crippen molar-refractivity contribution >= 4 is 15.9 Å². The highest BCUT2D eigenvalue weighted by atomic mass is 79.9. The van der Waals surface area contributed by atoms with Crippen molar-refractivity contribution in [1.29, 1.82) is 5.26 Å². The number of rotatable bonds is 5. The summed E-state index contributed by atoms with van der Waals surface area (Å²) < 4.78 is 17.9. The Labute approximate surface area is 188 Å². The molecule has 0 aliphatic carbocycles. The summed E-state index contributed by atoms with van der Waals surface area (Å²) in [7, 11) is 1.58. The number of nitrogens with two attached hydrogens (primary N) is 1. The largest absolute Gasteiger partial charge is 0.493 e. The van der Waals surface area contributed by atoms with Crippen LogP contribution in [0, 0.1) is 25.2 Å². The number of methoxy groups -OCH3 is 1. The lowest BCUT2D eigenvalue weighted by Crippen LogP contribution is -2.21. The van der Waals surface area contributed by atoms with Crippen LogP contribution in [0.1, 0.15) is 33.9 Å². The molecule has 3 aromatic rings. The van der Waals surface area contributed by atoms with Crippen LogP contribution in [0.4, 0.5) is 0 Å². The Bertz CT molecular complexity index is 1210. The van der Waals surface area contributed by atoms with Crippen LogP contribution >= 0.6 is 15.9 Å². The molecule has 1 aromatic heterocycles. The standard InChI is InChI=1S/C23H21BrN4O3/c1-12-4-6-14(7-5-12)11-30-21-17(24)8-15(9-18(21)29-3)20-16(10-25)22(26)31-23-19(20)13(2)27-28-23/h4-9,20H,11,26H2,1-3H3,(H,27,28). The third kappa shape index (κ3) is 3.84. The van der Waals surface area contributed by atoms with E-state index in [0.29, 0.717) is 34.0 Å². The molecule has 3 N–H and O–H groups in total. The number of H-pyrrole nitrogens is 1. The fourth-order valence-corrected chi connectivity index (χ4v) is 4.19. The van der Waals surface area contributed by atoms with E-state index < -0.39 is 5.92 Å². The minimum absolute atomic E-state index is 0.0429. The number of hydrogen-bond donors (Lipinski definition) is 2. The van der Waals surface area contributed by atoms with Crippen LogP contribution in [0.5, 0.6) is 17.4 Å². The summed E-state index contributed by atoms with van der Waals surface area (Å²) in [4.78, 5) is 0. The van der Waals surface area contributed by atoms with Gasteiger partial charge in [0.25, 0.3) is 0 Å². The van der Waals surface area contributed by atoms with E-state index in [1.54, 1.807) is 7.11 Å². The topological polar surface area (TPSA) is 106 Å². The van der Waals surface area contributed by atoms with Crippen molar-refractivity contribution < 1.29 is 14.2 Å². The van der Waals surface area contributed by atoms with Crippen molar-refractivity contribution in [2.75, 3.05) is 7.11 Å². The smallest absolute Gasteiger partial charge is 0.244 e. The number of allylic oxidation sites excluding steroid dienone is 1. The highest BCUT2D eigenvalue weighted by molar-refractivity contribution is 9.10. The molecule has 1 aliphatic heterocycles. The van der Waals surface area contributed by atoms with E-state index in [0.717, 1.165) is 22.4 Å². The molecule has 7 nitrogen and oxygen atoms in total. The fourth-order valence-electron chi connectivity index (χ4n) is 3.62. The summed E-state index contributed by atoms with van der Waals surface area (Å²) >= 11 is 3.61. The number of nitriles is 1. The maximum atomic E-state index is 9.76. The van der Waals surface area contributed by atoms with Crippen LogP contribution in [-0.4, -0.2) is 17.3 Å². The van der Waals surface area contributed by atoms with Gasteiger partial charge in [-0.2, -0.15) is 5.26 Å². The molecule has 2 aromatic carbocycles. The second-order valence-corrected chi connectivity index (χ2v) is 8.15. The lowest BCUT2D eigenvalue weighted by molar-refractivity contribution is 0.282. The summed E-state index contributed by atoms with van der Waals surface area (Å²) in [6.07, 6.45) is 0. The second kappa shape index (κ2) is 8.36. The number of aryl methyl sites for hydroxylation is 2. The van der Waals surface area contributed by atoms with Gasteiger partial charge in [0, 0.05) is 11.3 Å². The third-order valence-electron chi connectivity index (χ3n) is 5.22. The van der Waals surface area contributed by atoms with Crippen molar-refractivity contribution in [2.45, 2.75) is 26.4 Å². The number of nitrogens with one attached hydrogen (secondary N) is 1. The van der Waals surface area contributed by atoms with Gasteiger partial charge in [-0.05, 0) is 53.0 Å². The first kappa shape index (κ1) is 20.8. The van der Waals surface area contributed by atoms with Gasteiger partial charge in [-0.1, -0.05) is 29.8 Å². The molecule has 0 radical (unpaired) electrons. The van der Waals surface area contributed by atoms with Gasteiger partial charge in [-0.25, -0.2) is 0 Å². The van der Waals surface area contributed by atoms with E-state index in [2.05, 4.69) is 32.2 Å². The molecule has 2 heterocycles. The van der Waals surface area contributed by atoms with E-state index in [1.165, 1.54) is 5.56 Å². The fraction of sp³-hybridized carbons (Fsp3) is 0.217. The monoisotopic (exact) mass is 480 g/mol. The first-order valence-electron chi connectivity index (χ1n) is 9.61. The SMILES string of the molecule is COc1cc(C2C(C#N)=C(N)Oc3n[nH]c(C)c32)cc(Br)c1OCc1ccc(C)cc1. The van der Waals surface area contributed by atoms with E-state index in [1.807, 2.05) is 50.2 Å². The molecular formula is C23H21BrN4O3.